The van der Waals surface area contributed by atoms with Crippen molar-refractivity contribution in [1.82, 2.24) is 4.98 Å². The van der Waals surface area contributed by atoms with Gasteiger partial charge in [-0.25, -0.2) is 9.18 Å². The lowest BCUT2D eigenvalue weighted by Crippen LogP contribution is -2.08. The number of alkyl halides is 3. The van der Waals surface area contributed by atoms with Gasteiger partial charge in [0.05, 0.1) is 11.1 Å². The van der Waals surface area contributed by atoms with Gasteiger partial charge in [-0.15, -0.1) is 0 Å². The number of aromatic carboxylic acids is 1. The van der Waals surface area contributed by atoms with Gasteiger partial charge in [-0.05, 0) is 58.5 Å². The lowest BCUT2D eigenvalue weighted by molar-refractivity contribution is -0.136. The topological polar surface area (TPSA) is 59.4 Å². The van der Waals surface area contributed by atoms with E-state index in [1.54, 1.807) is 30.3 Å². The second-order valence-electron chi connectivity index (χ2n) is 8.93. The Labute approximate surface area is 221 Å². The van der Waals surface area contributed by atoms with Gasteiger partial charge >= 0.3 is 12.1 Å². The number of para-hydroxylation sites is 1. The minimum atomic E-state index is -4.58. The average Bonchev–Trinajstić information content (AvgIpc) is 2.91. The molecule has 5 rings (SSSR count). The number of ether oxygens (including phenoxy) is 1. The van der Waals surface area contributed by atoms with Crippen molar-refractivity contribution in [2.45, 2.75) is 19.2 Å². The zero-order valence-electron chi connectivity index (χ0n) is 20.4. The van der Waals surface area contributed by atoms with E-state index in [-0.39, 0.29) is 17.9 Å². The summed E-state index contributed by atoms with van der Waals surface area (Å²) >= 11 is 0. The molecule has 8 heteroatoms. The van der Waals surface area contributed by atoms with Crippen molar-refractivity contribution in [2.24, 2.45) is 0 Å². The molecule has 5 aromatic rings. The Morgan fingerprint density at radius 2 is 1.59 bits per heavy atom. The highest BCUT2D eigenvalue weighted by Gasteiger charge is 2.33. The maximum Gasteiger partial charge on any atom is 0.418 e. The van der Waals surface area contributed by atoms with Crippen molar-refractivity contribution < 1.29 is 32.2 Å². The fourth-order valence-electron chi connectivity index (χ4n) is 4.59. The zero-order chi connectivity index (χ0) is 27.6. The molecule has 0 unspecified atom stereocenters. The lowest BCUT2D eigenvalue weighted by Gasteiger charge is -2.17. The number of hydrogen-bond acceptors (Lipinski definition) is 3. The van der Waals surface area contributed by atoms with Crippen LogP contribution in [0.15, 0.2) is 97.2 Å². The van der Waals surface area contributed by atoms with Crippen LogP contribution in [0.25, 0.3) is 22.0 Å². The summed E-state index contributed by atoms with van der Waals surface area (Å²) in [4.78, 5) is 15.7. The Morgan fingerprint density at radius 3 is 2.33 bits per heavy atom. The summed E-state index contributed by atoms with van der Waals surface area (Å²) in [7, 11) is 0. The van der Waals surface area contributed by atoms with Crippen LogP contribution in [0, 0.1) is 5.82 Å². The smallest absolute Gasteiger partial charge is 0.418 e. The van der Waals surface area contributed by atoms with E-state index in [1.807, 2.05) is 30.3 Å². The van der Waals surface area contributed by atoms with E-state index >= 15 is 0 Å². The number of carboxylic acid groups (broad SMARTS) is 1. The van der Waals surface area contributed by atoms with Crippen molar-refractivity contribution in [1.29, 1.82) is 0 Å². The van der Waals surface area contributed by atoms with Gasteiger partial charge in [0.1, 0.15) is 23.7 Å². The molecule has 0 aliphatic rings. The van der Waals surface area contributed by atoms with Crippen LogP contribution in [0.4, 0.5) is 17.6 Å². The minimum Gasteiger partial charge on any atom is -0.488 e. The number of benzene rings is 4. The number of rotatable bonds is 7. The van der Waals surface area contributed by atoms with E-state index in [1.165, 1.54) is 24.4 Å². The van der Waals surface area contributed by atoms with Gasteiger partial charge in [-0.1, -0.05) is 66.7 Å². The van der Waals surface area contributed by atoms with Gasteiger partial charge in [-0.2, -0.15) is 13.2 Å². The molecule has 39 heavy (non-hydrogen) atoms. The highest BCUT2D eigenvalue weighted by Crippen LogP contribution is 2.39. The maximum absolute atomic E-state index is 14.1. The molecule has 1 heterocycles. The third kappa shape index (κ3) is 5.45. The van der Waals surface area contributed by atoms with Gasteiger partial charge < -0.3 is 9.84 Å². The van der Waals surface area contributed by atoms with Gasteiger partial charge in [0.25, 0.3) is 0 Å². The van der Waals surface area contributed by atoms with Crippen molar-refractivity contribution in [2.75, 3.05) is 0 Å². The molecule has 0 bridgehead atoms. The van der Waals surface area contributed by atoms with Crippen molar-refractivity contribution in [3.05, 3.63) is 131 Å². The van der Waals surface area contributed by atoms with E-state index < -0.39 is 29.1 Å². The second kappa shape index (κ2) is 10.6. The first-order valence-electron chi connectivity index (χ1n) is 12.0. The summed E-state index contributed by atoms with van der Waals surface area (Å²) in [6.45, 7) is -0.0809. The Morgan fingerprint density at radius 1 is 0.872 bits per heavy atom. The Bertz CT molecular complexity index is 1670. The van der Waals surface area contributed by atoms with E-state index in [0.717, 1.165) is 23.3 Å². The summed E-state index contributed by atoms with van der Waals surface area (Å²) in [5, 5.41) is 9.72. The van der Waals surface area contributed by atoms with Gasteiger partial charge in [0, 0.05) is 11.6 Å². The normalized spacial score (nSPS) is 11.5. The molecule has 196 valence electrons. The molecule has 0 saturated carbocycles. The predicted octanol–water partition coefficient (Wildman–Crippen LogP) is 7.93. The number of carbonyl (C=O) groups is 1. The molecule has 4 aromatic carbocycles. The number of aromatic nitrogens is 1. The molecule has 4 nitrogen and oxygen atoms in total. The van der Waals surface area contributed by atoms with Crippen LogP contribution in [-0.4, -0.2) is 16.1 Å². The molecule has 0 aliphatic carbocycles. The number of pyridine rings is 1. The molecular formula is C31H21F4NO3. The molecule has 0 aliphatic heterocycles. The van der Waals surface area contributed by atoms with E-state index in [4.69, 9.17) is 4.74 Å². The number of halogens is 4. The molecule has 0 atom stereocenters. The first kappa shape index (κ1) is 25.9. The highest BCUT2D eigenvalue weighted by atomic mass is 19.4. The first-order chi connectivity index (χ1) is 18.7. The monoisotopic (exact) mass is 531 g/mol. The fraction of sp³-hybridized carbons (Fsp3) is 0.0968. The zero-order valence-corrected chi connectivity index (χ0v) is 20.4. The number of fused-ring (bicyclic) bond motifs is 1. The van der Waals surface area contributed by atoms with Crippen LogP contribution in [0.3, 0.4) is 0 Å². The maximum atomic E-state index is 14.1. The quantitative estimate of drug-likeness (QED) is 0.217. The summed E-state index contributed by atoms with van der Waals surface area (Å²) in [6.07, 6.45) is -2.65. The Balaban J connectivity index is 1.59. The molecule has 1 aromatic heterocycles. The molecule has 0 spiro atoms. The fourth-order valence-corrected chi connectivity index (χ4v) is 4.59. The predicted molar refractivity (Wildman–Crippen MR) is 139 cm³/mol. The molecule has 0 amide bonds. The SMILES string of the molecule is O=C(O)c1c(F)cccc1OCc1cccc(-c2c(Cc3ccccc3)cnc3c(C(F)(F)F)cccc23)c1. The summed E-state index contributed by atoms with van der Waals surface area (Å²) in [5.74, 6) is -2.49. The van der Waals surface area contributed by atoms with E-state index in [0.29, 0.717) is 28.5 Å². The van der Waals surface area contributed by atoms with Crippen LogP contribution in [0.2, 0.25) is 0 Å². The lowest BCUT2D eigenvalue weighted by atomic mass is 9.91. The third-order valence-electron chi connectivity index (χ3n) is 6.32. The summed E-state index contributed by atoms with van der Waals surface area (Å²) < 4.78 is 61.2. The summed E-state index contributed by atoms with van der Waals surface area (Å²) in [5.41, 5.74) is 2.04. The third-order valence-corrected chi connectivity index (χ3v) is 6.32. The second-order valence-corrected chi connectivity index (χ2v) is 8.93. The first-order valence-corrected chi connectivity index (χ1v) is 12.0. The number of carboxylic acids is 1. The average molecular weight is 532 g/mol. The van der Waals surface area contributed by atoms with Crippen LogP contribution in [-0.2, 0) is 19.2 Å². The van der Waals surface area contributed by atoms with Crippen molar-refractivity contribution in [3.63, 3.8) is 0 Å². The number of nitrogens with zero attached hydrogens (tertiary/aromatic N) is 1. The highest BCUT2D eigenvalue weighted by molar-refractivity contribution is 5.98. The Kier molecular flexibility index (Phi) is 7.02. The van der Waals surface area contributed by atoms with Crippen LogP contribution < -0.4 is 4.74 Å². The number of hydrogen-bond donors (Lipinski definition) is 1. The van der Waals surface area contributed by atoms with Gasteiger partial charge in [0.2, 0.25) is 0 Å². The van der Waals surface area contributed by atoms with E-state index in [2.05, 4.69) is 4.98 Å². The van der Waals surface area contributed by atoms with Crippen molar-refractivity contribution >= 4 is 16.9 Å². The molecule has 0 radical (unpaired) electrons. The largest absolute Gasteiger partial charge is 0.488 e. The molecule has 0 fully saturated rings. The van der Waals surface area contributed by atoms with E-state index in [9.17, 15) is 27.5 Å². The minimum absolute atomic E-state index is 0.0809. The van der Waals surface area contributed by atoms with Gasteiger partial charge in [0.15, 0.2) is 0 Å². The summed E-state index contributed by atoms with van der Waals surface area (Å²) in [6, 6.07) is 24.3. The van der Waals surface area contributed by atoms with Crippen LogP contribution in [0.5, 0.6) is 5.75 Å². The van der Waals surface area contributed by atoms with Gasteiger partial charge in [-0.3, -0.25) is 4.98 Å². The molecule has 1 N–H and O–H groups in total. The standard InChI is InChI=1S/C31H21F4NO3/c32-25-13-6-14-26(28(25)30(37)38)39-18-20-9-4-10-21(16-20)27-22(15-19-7-2-1-3-8-19)17-36-29-23(27)11-5-12-24(29)31(33,34)35/h1-14,16-17H,15,18H2,(H,37,38). The Hall–Kier alpha value is -4.72. The molecular weight excluding hydrogens is 510 g/mol. The van der Waals surface area contributed by atoms with Crippen LogP contribution >= 0.6 is 0 Å². The van der Waals surface area contributed by atoms with Crippen LogP contribution in [0.1, 0.15) is 32.6 Å². The molecule has 0 saturated heterocycles. The van der Waals surface area contributed by atoms with Crippen molar-refractivity contribution in [3.8, 4) is 16.9 Å².